The van der Waals surface area contributed by atoms with Crippen LogP contribution in [-0.4, -0.2) is 42.2 Å². The quantitative estimate of drug-likeness (QED) is 0.470. The van der Waals surface area contributed by atoms with Crippen LogP contribution in [0, 0.1) is 0 Å². The molecular formula is C24H26N2O6S. The van der Waals surface area contributed by atoms with Gasteiger partial charge >= 0.3 is 0 Å². The summed E-state index contributed by atoms with van der Waals surface area (Å²) in [5, 5.41) is 2.81. The van der Waals surface area contributed by atoms with Gasteiger partial charge in [0.1, 0.15) is 17.2 Å². The van der Waals surface area contributed by atoms with Gasteiger partial charge in [0.2, 0.25) is 0 Å². The highest BCUT2D eigenvalue weighted by atomic mass is 32.2. The molecule has 0 saturated carbocycles. The van der Waals surface area contributed by atoms with Crippen LogP contribution in [0.15, 0.2) is 71.6 Å². The molecule has 174 valence electrons. The third-order valence-corrected chi connectivity index (χ3v) is 6.30. The van der Waals surface area contributed by atoms with E-state index in [0.717, 1.165) is 5.56 Å². The minimum atomic E-state index is -3.87. The van der Waals surface area contributed by atoms with Crippen molar-refractivity contribution in [2.45, 2.75) is 11.3 Å². The summed E-state index contributed by atoms with van der Waals surface area (Å²) in [5.74, 6) is 1.59. The van der Waals surface area contributed by atoms with Crippen LogP contribution in [0.4, 0.5) is 5.69 Å². The average Bonchev–Trinajstić information content (AvgIpc) is 2.84. The number of hydrogen-bond acceptors (Lipinski definition) is 6. The van der Waals surface area contributed by atoms with Gasteiger partial charge in [-0.1, -0.05) is 12.1 Å². The van der Waals surface area contributed by atoms with Gasteiger partial charge < -0.3 is 19.5 Å². The molecule has 0 radical (unpaired) electrons. The van der Waals surface area contributed by atoms with Crippen molar-refractivity contribution in [3.63, 3.8) is 0 Å². The molecule has 9 heteroatoms. The van der Waals surface area contributed by atoms with Gasteiger partial charge in [-0.25, -0.2) is 8.42 Å². The van der Waals surface area contributed by atoms with E-state index >= 15 is 0 Å². The first-order valence-electron chi connectivity index (χ1n) is 10.1. The van der Waals surface area contributed by atoms with Gasteiger partial charge in [0, 0.05) is 23.9 Å². The van der Waals surface area contributed by atoms with Crippen molar-refractivity contribution in [1.82, 2.24) is 5.32 Å². The maximum absolute atomic E-state index is 12.8. The minimum absolute atomic E-state index is 0.0113. The number of carbonyl (C=O) groups is 1. The second-order valence-corrected chi connectivity index (χ2v) is 8.73. The number of hydrogen-bond donors (Lipinski definition) is 2. The molecule has 0 unspecified atom stereocenters. The number of rotatable bonds is 10. The Morgan fingerprint density at radius 3 is 2.21 bits per heavy atom. The first-order chi connectivity index (χ1) is 15.9. The summed E-state index contributed by atoms with van der Waals surface area (Å²) < 4.78 is 43.6. The van der Waals surface area contributed by atoms with E-state index in [1.807, 2.05) is 12.1 Å². The zero-order valence-corrected chi connectivity index (χ0v) is 19.4. The number of amides is 1. The van der Waals surface area contributed by atoms with Gasteiger partial charge in [0.25, 0.3) is 15.9 Å². The molecule has 0 saturated heterocycles. The summed E-state index contributed by atoms with van der Waals surface area (Å²) in [7, 11) is 0.815. The van der Waals surface area contributed by atoms with Crippen LogP contribution >= 0.6 is 0 Å². The zero-order chi connectivity index (χ0) is 23.8. The number of ether oxygens (including phenoxy) is 3. The molecular weight excluding hydrogens is 444 g/mol. The van der Waals surface area contributed by atoms with Crippen LogP contribution in [0.25, 0.3) is 0 Å². The van der Waals surface area contributed by atoms with Crippen LogP contribution in [0.5, 0.6) is 17.2 Å². The largest absolute Gasteiger partial charge is 0.497 e. The highest BCUT2D eigenvalue weighted by molar-refractivity contribution is 7.92. The molecule has 1 amide bonds. The number of anilines is 1. The van der Waals surface area contributed by atoms with Crippen molar-refractivity contribution in [3.05, 3.63) is 77.9 Å². The Kier molecular flexibility index (Phi) is 7.78. The van der Waals surface area contributed by atoms with Crippen LogP contribution in [0.3, 0.4) is 0 Å². The predicted octanol–water partition coefficient (Wildman–Crippen LogP) is 3.49. The van der Waals surface area contributed by atoms with E-state index in [2.05, 4.69) is 10.0 Å². The second kappa shape index (κ2) is 10.7. The molecule has 0 atom stereocenters. The lowest BCUT2D eigenvalue weighted by Crippen LogP contribution is -2.26. The van der Waals surface area contributed by atoms with Gasteiger partial charge in [0.15, 0.2) is 0 Å². The fourth-order valence-corrected chi connectivity index (χ4v) is 4.25. The maximum Gasteiger partial charge on any atom is 0.261 e. The lowest BCUT2D eigenvalue weighted by atomic mass is 10.1. The van der Waals surface area contributed by atoms with Crippen LogP contribution in [0.1, 0.15) is 15.9 Å². The highest BCUT2D eigenvalue weighted by Crippen LogP contribution is 2.25. The number of nitrogens with one attached hydrogen (secondary N) is 2. The Hall–Kier alpha value is -3.72. The minimum Gasteiger partial charge on any atom is -0.497 e. The normalized spacial score (nSPS) is 10.9. The molecule has 3 rings (SSSR count). The maximum atomic E-state index is 12.8. The summed E-state index contributed by atoms with van der Waals surface area (Å²) in [6, 6.07) is 17.9. The summed E-state index contributed by atoms with van der Waals surface area (Å²) >= 11 is 0. The third-order valence-electron chi connectivity index (χ3n) is 4.92. The van der Waals surface area contributed by atoms with Crippen molar-refractivity contribution < 1.29 is 27.4 Å². The molecule has 0 aliphatic rings. The van der Waals surface area contributed by atoms with Crippen molar-refractivity contribution in [3.8, 4) is 17.2 Å². The van der Waals surface area contributed by atoms with Gasteiger partial charge in [-0.3, -0.25) is 9.52 Å². The molecule has 0 bridgehead atoms. The Morgan fingerprint density at radius 2 is 1.55 bits per heavy atom. The van der Waals surface area contributed by atoms with Crippen LogP contribution < -0.4 is 24.2 Å². The Balaban J connectivity index is 1.65. The van der Waals surface area contributed by atoms with Crippen LogP contribution in [-0.2, 0) is 16.4 Å². The van der Waals surface area contributed by atoms with Crippen molar-refractivity contribution in [2.24, 2.45) is 0 Å². The first-order valence-corrected chi connectivity index (χ1v) is 11.6. The fourth-order valence-electron chi connectivity index (χ4n) is 3.15. The molecule has 3 aromatic rings. The van der Waals surface area contributed by atoms with Gasteiger partial charge in [-0.2, -0.15) is 0 Å². The van der Waals surface area contributed by atoms with E-state index in [0.29, 0.717) is 35.9 Å². The predicted molar refractivity (Wildman–Crippen MR) is 126 cm³/mol. The number of carbonyl (C=O) groups excluding carboxylic acids is 1. The SMILES string of the molecule is COc1ccc(NS(=O)(=O)c2cccc(C(=O)NCCc3ccc(OC)cc3OC)c2)cc1. The van der Waals surface area contributed by atoms with Gasteiger partial charge in [-0.15, -0.1) is 0 Å². The molecule has 3 aromatic carbocycles. The van der Waals surface area contributed by atoms with Crippen molar-refractivity contribution >= 4 is 21.6 Å². The number of sulfonamides is 1. The van der Waals surface area contributed by atoms with Gasteiger partial charge in [-0.05, 0) is 60.5 Å². The third kappa shape index (κ3) is 6.17. The van der Waals surface area contributed by atoms with E-state index in [9.17, 15) is 13.2 Å². The van der Waals surface area contributed by atoms with E-state index in [-0.39, 0.29) is 16.4 Å². The fraction of sp³-hybridized carbons (Fsp3) is 0.208. The average molecular weight is 471 g/mol. The number of methoxy groups -OCH3 is 3. The molecule has 0 spiro atoms. The zero-order valence-electron chi connectivity index (χ0n) is 18.6. The van der Waals surface area contributed by atoms with E-state index in [4.69, 9.17) is 14.2 Å². The van der Waals surface area contributed by atoms with E-state index < -0.39 is 10.0 Å². The summed E-state index contributed by atoms with van der Waals surface area (Å²) in [5.41, 5.74) is 1.55. The Morgan fingerprint density at radius 1 is 0.848 bits per heavy atom. The van der Waals surface area contributed by atoms with Gasteiger partial charge in [0.05, 0.1) is 26.2 Å². The monoisotopic (exact) mass is 470 g/mol. The smallest absolute Gasteiger partial charge is 0.261 e. The lowest BCUT2D eigenvalue weighted by Gasteiger charge is -2.12. The molecule has 0 aromatic heterocycles. The van der Waals surface area contributed by atoms with Crippen molar-refractivity contribution in [1.29, 1.82) is 0 Å². The standard InChI is InChI=1S/C24H26N2O6S/c1-30-20-11-8-19(9-12-20)26-33(28,29)22-6-4-5-18(15-22)24(27)25-14-13-17-7-10-21(31-2)16-23(17)32-3/h4-12,15-16,26H,13-14H2,1-3H3,(H,25,27). The highest BCUT2D eigenvalue weighted by Gasteiger charge is 2.17. The molecule has 0 aliphatic heterocycles. The molecule has 0 fully saturated rings. The topological polar surface area (TPSA) is 103 Å². The Labute approximate surface area is 193 Å². The Bertz CT molecular complexity index is 1210. The summed E-state index contributed by atoms with van der Waals surface area (Å²) in [6.07, 6.45) is 0.538. The molecule has 33 heavy (non-hydrogen) atoms. The summed E-state index contributed by atoms with van der Waals surface area (Å²) in [6.45, 7) is 0.350. The molecule has 0 aliphatic carbocycles. The number of benzene rings is 3. The van der Waals surface area contributed by atoms with E-state index in [1.165, 1.54) is 25.3 Å². The molecule has 8 nitrogen and oxygen atoms in total. The first kappa shape index (κ1) is 23.9. The molecule has 2 N–H and O–H groups in total. The summed E-state index contributed by atoms with van der Waals surface area (Å²) in [4.78, 5) is 12.6. The molecule has 0 heterocycles. The van der Waals surface area contributed by atoms with Crippen LogP contribution in [0.2, 0.25) is 0 Å². The van der Waals surface area contributed by atoms with Crippen molar-refractivity contribution in [2.75, 3.05) is 32.6 Å². The lowest BCUT2D eigenvalue weighted by molar-refractivity contribution is 0.0954. The second-order valence-electron chi connectivity index (χ2n) is 7.05. The van der Waals surface area contributed by atoms with E-state index in [1.54, 1.807) is 50.6 Å².